The molecule has 0 radical (unpaired) electrons. The summed E-state index contributed by atoms with van der Waals surface area (Å²) in [6, 6.07) is 7.87. The van der Waals surface area contributed by atoms with Crippen molar-refractivity contribution >= 4 is 23.0 Å². The molecule has 2 aliphatic rings. The maximum absolute atomic E-state index is 13.0. The van der Waals surface area contributed by atoms with Crippen LogP contribution < -0.4 is 0 Å². The highest BCUT2D eigenvalue weighted by molar-refractivity contribution is 7.10. The van der Waals surface area contributed by atoms with E-state index in [1.165, 1.54) is 30.6 Å². The molecule has 0 N–H and O–H groups in total. The number of likely N-dealkylation sites (tertiary alicyclic amines) is 1. The first kappa shape index (κ1) is 16.5. The molecular formula is C19H23N3O2S. The predicted molar refractivity (Wildman–Crippen MR) is 98.7 cm³/mol. The Morgan fingerprint density at radius 1 is 1.20 bits per heavy atom. The van der Waals surface area contributed by atoms with Crippen LogP contribution in [-0.2, 0) is 4.79 Å². The first-order chi connectivity index (χ1) is 12.3. The number of furan rings is 1. The molecule has 2 aromatic heterocycles. The van der Waals surface area contributed by atoms with Gasteiger partial charge in [-0.15, -0.1) is 11.3 Å². The summed E-state index contributed by atoms with van der Waals surface area (Å²) in [5, 5.41) is 8.39. The number of hydrogen-bond donors (Lipinski definition) is 0. The Balaban J connectivity index is 1.53. The fourth-order valence-electron chi connectivity index (χ4n) is 3.59. The summed E-state index contributed by atoms with van der Waals surface area (Å²) in [6.45, 7) is 2.48. The first-order valence-electron chi connectivity index (χ1n) is 9.00. The zero-order valence-electron chi connectivity index (χ0n) is 14.3. The van der Waals surface area contributed by atoms with Crippen LogP contribution in [0, 0.1) is 0 Å². The molecule has 1 saturated heterocycles. The van der Waals surface area contributed by atoms with Gasteiger partial charge in [0.25, 0.3) is 5.91 Å². The van der Waals surface area contributed by atoms with E-state index in [2.05, 4.69) is 21.4 Å². The van der Waals surface area contributed by atoms with Crippen molar-refractivity contribution < 1.29 is 9.21 Å². The van der Waals surface area contributed by atoms with Crippen LogP contribution in [0.2, 0.25) is 0 Å². The third-order valence-electron chi connectivity index (χ3n) is 4.90. The van der Waals surface area contributed by atoms with Crippen molar-refractivity contribution in [1.29, 1.82) is 0 Å². The zero-order chi connectivity index (χ0) is 17.1. The Morgan fingerprint density at radius 3 is 2.72 bits per heavy atom. The average molecular weight is 357 g/mol. The highest BCUT2D eigenvalue weighted by atomic mass is 32.1. The maximum atomic E-state index is 13.0. The molecule has 4 heterocycles. The summed E-state index contributed by atoms with van der Waals surface area (Å²) in [5.74, 6) is 0.841. The summed E-state index contributed by atoms with van der Waals surface area (Å²) < 4.78 is 5.50. The molecule has 1 fully saturated rings. The molecule has 25 heavy (non-hydrogen) atoms. The second-order valence-electron chi connectivity index (χ2n) is 6.69. The molecule has 1 unspecified atom stereocenters. The van der Waals surface area contributed by atoms with Crippen LogP contribution in [0.25, 0.3) is 0 Å². The Labute approximate surface area is 151 Å². The van der Waals surface area contributed by atoms with Crippen LogP contribution in [0.15, 0.2) is 45.4 Å². The largest absolute Gasteiger partial charge is 0.463 e. The zero-order valence-corrected chi connectivity index (χ0v) is 15.1. The lowest BCUT2D eigenvalue weighted by Crippen LogP contribution is -2.38. The van der Waals surface area contributed by atoms with Gasteiger partial charge in [0.15, 0.2) is 0 Å². The monoisotopic (exact) mass is 357 g/mol. The van der Waals surface area contributed by atoms with Gasteiger partial charge in [-0.25, -0.2) is 5.01 Å². The average Bonchev–Trinajstić information content (AvgIpc) is 3.34. The molecule has 4 rings (SSSR count). The topological polar surface area (TPSA) is 49.1 Å². The van der Waals surface area contributed by atoms with Crippen molar-refractivity contribution in [3.8, 4) is 0 Å². The van der Waals surface area contributed by atoms with Gasteiger partial charge in [-0.1, -0.05) is 18.9 Å². The Kier molecular flexibility index (Phi) is 4.99. The lowest BCUT2D eigenvalue weighted by molar-refractivity contribution is -0.134. The summed E-state index contributed by atoms with van der Waals surface area (Å²) >= 11 is 1.68. The van der Waals surface area contributed by atoms with Crippen LogP contribution >= 0.6 is 11.3 Å². The Bertz CT molecular complexity index is 716. The second-order valence-corrected chi connectivity index (χ2v) is 7.67. The molecule has 1 amide bonds. The number of carbonyl (C=O) groups excluding carboxylic acids is 1. The van der Waals surface area contributed by atoms with Crippen LogP contribution in [0.3, 0.4) is 0 Å². The highest BCUT2D eigenvalue weighted by Crippen LogP contribution is 2.35. The number of thiophene rings is 1. The molecule has 6 heteroatoms. The molecular weight excluding hydrogens is 334 g/mol. The van der Waals surface area contributed by atoms with E-state index < -0.39 is 0 Å². The van der Waals surface area contributed by atoms with E-state index in [4.69, 9.17) is 4.42 Å². The second kappa shape index (κ2) is 7.54. The van der Waals surface area contributed by atoms with Gasteiger partial charge in [-0.2, -0.15) is 5.10 Å². The van der Waals surface area contributed by atoms with E-state index in [1.54, 1.807) is 22.6 Å². The molecule has 0 aliphatic carbocycles. The van der Waals surface area contributed by atoms with Crippen molar-refractivity contribution in [3.05, 3.63) is 46.5 Å². The fraction of sp³-hybridized carbons (Fsp3) is 0.474. The predicted octanol–water partition coefficient (Wildman–Crippen LogP) is 3.89. The van der Waals surface area contributed by atoms with Gasteiger partial charge in [-0.3, -0.25) is 9.69 Å². The summed E-state index contributed by atoms with van der Waals surface area (Å²) in [5.41, 5.74) is 0.854. The van der Waals surface area contributed by atoms with Crippen molar-refractivity contribution in [2.24, 2.45) is 5.10 Å². The number of nitrogens with zero attached hydrogens (tertiary/aromatic N) is 3. The number of carbonyl (C=O) groups is 1. The van der Waals surface area contributed by atoms with Crippen LogP contribution in [0.5, 0.6) is 0 Å². The molecule has 5 nitrogen and oxygen atoms in total. The van der Waals surface area contributed by atoms with E-state index in [1.807, 2.05) is 18.2 Å². The summed E-state index contributed by atoms with van der Waals surface area (Å²) in [6.07, 6.45) is 7.27. The minimum atomic E-state index is -0.0143. The van der Waals surface area contributed by atoms with E-state index in [0.29, 0.717) is 13.0 Å². The number of amides is 1. The summed E-state index contributed by atoms with van der Waals surface area (Å²) in [4.78, 5) is 16.5. The molecule has 132 valence electrons. The number of hydrogen-bond acceptors (Lipinski definition) is 5. The highest BCUT2D eigenvalue weighted by Gasteiger charge is 2.35. The lowest BCUT2D eigenvalue weighted by atomic mass is 10.1. The van der Waals surface area contributed by atoms with E-state index in [-0.39, 0.29) is 11.9 Å². The molecule has 1 atom stereocenters. The van der Waals surface area contributed by atoms with Gasteiger partial charge in [0.05, 0.1) is 18.8 Å². The molecule has 2 aromatic rings. The van der Waals surface area contributed by atoms with Crippen LogP contribution in [0.4, 0.5) is 0 Å². The molecule has 0 saturated carbocycles. The van der Waals surface area contributed by atoms with E-state index in [0.717, 1.165) is 24.6 Å². The first-order valence-corrected chi connectivity index (χ1v) is 9.88. The van der Waals surface area contributed by atoms with Crippen molar-refractivity contribution in [1.82, 2.24) is 9.91 Å². The molecule has 0 bridgehead atoms. The molecule has 0 aromatic carbocycles. The standard InChI is InChI=1S/C19H23N3O2S/c23-19(14-21-9-3-1-2-4-10-21)22-16(18-8-6-12-25-18)13-15(20-22)17-7-5-11-24-17/h5-8,11-12,16H,1-4,9-10,13-14H2. The minimum Gasteiger partial charge on any atom is -0.463 e. The molecule has 2 aliphatic heterocycles. The van der Waals surface area contributed by atoms with Crippen molar-refractivity contribution in [2.75, 3.05) is 19.6 Å². The van der Waals surface area contributed by atoms with Crippen molar-refractivity contribution in [2.45, 2.75) is 38.1 Å². The quantitative estimate of drug-likeness (QED) is 0.834. The fourth-order valence-corrected chi connectivity index (χ4v) is 4.40. The summed E-state index contributed by atoms with van der Waals surface area (Å²) in [7, 11) is 0. The Morgan fingerprint density at radius 2 is 2.04 bits per heavy atom. The van der Waals surface area contributed by atoms with Crippen LogP contribution in [0.1, 0.15) is 48.8 Å². The van der Waals surface area contributed by atoms with Gasteiger partial charge in [0.1, 0.15) is 11.5 Å². The van der Waals surface area contributed by atoms with Gasteiger partial charge in [0.2, 0.25) is 0 Å². The van der Waals surface area contributed by atoms with E-state index in [9.17, 15) is 4.79 Å². The smallest absolute Gasteiger partial charge is 0.257 e. The Hall–Kier alpha value is -1.92. The van der Waals surface area contributed by atoms with Gasteiger partial charge in [0, 0.05) is 11.3 Å². The number of rotatable bonds is 4. The van der Waals surface area contributed by atoms with E-state index >= 15 is 0 Å². The normalized spacial score (nSPS) is 22.0. The molecule has 0 spiro atoms. The number of hydrazone groups is 1. The SMILES string of the molecule is O=C(CN1CCCCCC1)N1N=C(c2ccco2)CC1c1cccs1. The maximum Gasteiger partial charge on any atom is 0.257 e. The van der Waals surface area contributed by atoms with Gasteiger partial charge >= 0.3 is 0 Å². The van der Waals surface area contributed by atoms with Gasteiger partial charge < -0.3 is 4.42 Å². The minimum absolute atomic E-state index is 0.0143. The van der Waals surface area contributed by atoms with Crippen molar-refractivity contribution in [3.63, 3.8) is 0 Å². The lowest BCUT2D eigenvalue weighted by Gasteiger charge is -2.25. The van der Waals surface area contributed by atoms with Crippen LogP contribution in [-0.4, -0.2) is 41.2 Å². The third kappa shape index (κ3) is 3.70. The third-order valence-corrected chi connectivity index (χ3v) is 5.87. The van der Waals surface area contributed by atoms with Gasteiger partial charge in [-0.05, 0) is 49.5 Å².